The number of hydrogen-bond acceptors (Lipinski definition) is 8. The number of hydrogen-bond donors (Lipinski definition) is 5. The van der Waals surface area contributed by atoms with Crippen molar-refractivity contribution < 1.29 is 10.9 Å². The first-order chi connectivity index (χ1) is 17.8. The van der Waals surface area contributed by atoms with Crippen molar-refractivity contribution in [3.05, 3.63) is 76.5 Å². The first-order valence-corrected chi connectivity index (χ1v) is 12.2. The lowest BCUT2D eigenvalue weighted by Crippen LogP contribution is -2.38. The van der Waals surface area contributed by atoms with Gasteiger partial charge in [0.2, 0.25) is 0 Å². The highest BCUT2D eigenvalue weighted by molar-refractivity contribution is 6.35. The van der Waals surface area contributed by atoms with Gasteiger partial charge in [0.1, 0.15) is 11.9 Å². The SMILES string of the molecule is [2H][C@@](Nc1cc(Cl)c2ncc(C#N)c(NC(C)CCO)c2c1)(C1=CN(C2CC2)NN1)c1ccc(F)cc1. The summed E-state index contributed by atoms with van der Waals surface area (Å²) in [7, 11) is 0. The van der Waals surface area contributed by atoms with Gasteiger partial charge in [-0.3, -0.25) is 9.99 Å². The molecule has 5 rings (SSSR count). The van der Waals surface area contributed by atoms with Gasteiger partial charge in [-0.1, -0.05) is 23.7 Å². The molecule has 2 heterocycles. The second kappa shape index (κ2) is 10.2. The van der Waals surface area contributed by atoms with Crippen LogP contribution in [0.4, 0.5) is 15.8 Å². The number of nitriles is 1. The largest absolute Gasteiger partial charge is 0.396 e. The Kier molecular flexibility index (Phi) is 6.47. The number of halogens is 2. The molecule has 2 atom stereocenters. The summed E-state index contributed by atoms with van der Waals surface area (Å²) in [6.45, 7) is 1.91. The number of benzene rings is 2. The van der Waals surface area contributed by atoms with E-state index in [1.165, 1.54) is 18.3 Å². The lowest BCUT2D eigenvalue weighted by atomic mass is 10.0. The number of aromatic nitrogens is 1. The van der Waals surface area contributed by atoms with E-state index >= 15 is 0 Å². The van der Waals surface area contributed by atoms with Crippen molar-refractivity contribution in [2.75, 3.05) is 17.2 Å². The van der Waals surface area contributed by atoms with Crippen molar-refractivity contribution in [1.82, 2.24) is 21.0 Å². The number of rotatable bonds is 9. The fourth-order valence-corrected chi connectivity index (χ4v) is 4.41. The summed E-state index contributed by atoms with van der Waals surface area (Å²) in [5.41, 5.74) is 9.14. The molecule has 1 saturated carbocycles. The van der Waals surface area contributed by atoms with Crippen molar-refractivity contribution in [3.63, 3.8) is 0 Å². The maximum atomic E-state index is 13.8. The molecule has 1 aliphatic carbocycles. The maximum Gasteiger partial charge on any atom is 0.123 e. The molecule has 0 spiro atoms. The first-order valence-electron chi connectivity index (χ1n) is 12.3. The molecular formula is C26H27ClFN7O. The van der Waals surface area contributed by atoms with Crippen molar-refractivity contribution in [3.8, 4) is 6.07 Å². The summed E-state index contributed by atoms with van der Waals surface area (Å²) in [5, 5.41) is 28.5. The van der Waals surface area contributed by atoms with Crippen LogP contribution in [0, 0.1) is 17.1 Å². The summed E-state index contributed by atoms with van der Waals surface area (Å²) in [5.74, 6) is -0.395. The standard InChI is InChI=1S/C26H27ClFN7O/c1-15(8-9-36)31-24-17(12-29)13-30-26-21(24)10-19(11-22(26)27)32-25(16-2-4-18(28)5-3-16)23-14-35(34-33-23)20-6-7-20/h2-5,10-11,13-15,20,25,32-34,36H,6-9H2,1H3,(H,30,31)/t15?,25-/m0/s1/i25D. The average Bonchev–Trinajstić information content (AvgIpc) is 3.60. The molecule has 0 amide bonds. The maximum absolute atomic E-state index is 13.8. The van der Waals surface area contributed by atoms with Crippen LogP contribution in [0.3, 0.4) is 0 Å². The van der Waals surface area contributed by atoms with Gasteiger partial charge in [-0.25, -0.2) is 4.39 Å². The van der Waals surface area contributed by atoms with Crippen LogP contribution in [0.1, 0.15) is 44.7 Å². The lowest BCUT2D eigenvalue weighted by Gasteiger charge is -2.23. The molecule has 10 heteroatoms. The number of nitrogens with one attached hydrogen (secondary N) is 4. The monoisotopic (exact) mass is 508 g/mol. The zero-order valence-electron chi connectivity index (χ0n) is 20.6. The van der Waals surface area contributed by atoms with E-state index in [2.05, 4.69) is 32.6 Å². The van der Waals surface area contributed by atoms with E-state index in [0.717, 1.165) is 12.8 Å². The minimum absolute atomic E-state index is 0.000311. The Balaban J connectivity index is 1.60. The predicted molar refractivity (Wildman–Crippen MR) is 138 cm³/mol. The minimum atomic E-state index is -1.53. The summed E-state index contributed by atoms with van der Waals surface area (Å²) in [6.07, 6.45) is 5.93. The van der Waals surface area contributed by atoms with Gasteiger partial charge in [-0.05, 0) is 56.0 Å². The molecule has 1 unspecified atom stereocenters. The molecule has 1 aromatic heterocycles. The van der Waals surface area contributed by atoms with E-state index < -0.39 is 11.8 Å². The van der Waals surface area contributed by atoms with Crippen LogP contribution in [-0.4, -0.2) is 33.8 Å². The Labute approximate surface area is 215 Å². The zero-order valence-corrected chi connectivity index (χ0v) is 20.4. The Hall–Kier alpha value is -3.58. The molecule has 3 aromatic rings. The van der Waals surface area contributed by atoms with Gasteiger partial charge in [0, 0.05) is 42.2 Å². The quantitative estimate of drug-likeness (QED) is 0.286. The van der Waals surface area contributed by atoms with Crippen LogP contribution in [0.25, 0.3) is 10.9 Å². The van der Waals surface area contributed by atoms with Crippen LogP contribution >= 0.6 is 11.6 Å². The number of hydrazine groups is 2. The molecule has 5 N–H and O–H groups in total. The van der Waals surface area contributed by atoms with Gasteiger partial charge >= 0.3 is 0 Å². The average molecular weight is 509 g/mol. The normalized spacial score (nSPS) is 18.0. The molecule has 186 valence electrons. The van der Waals surface area contributed by atoms with Crippen molar-refractivity contribution in [2.45, 2.75) is 44.3 Å². The lowest BCUT2D eigenvalue weighted by molar-refractivity contribution is 0.260. The third kappa shape index (κ3) is 5.02. The molecule has 2 aromatic carbocycles. The molecular weight excluding hydrogens is 481 g/mol. The van der Waals surface area contributed by atoms with Gasteiger partial charge in [0.05, 0.1) is 34.9 Å². The van der Waals surface area contributed by atoms with Gasteiger partial charge in [0.25, 0.3) is 0 Å². The third-order valence-electron chi connectivity index (χ3n) is 6.20. The predicted octanol–water partition coefficient (Wildman–Crippen LogP) is 4.56. The molecule has 2 aliphatic rings. The summed E-state index contributed by atoms with van der Waals surface area (Å²) in [6, 6.07) is 10.1. The molecule has 0 radical (unpaired) electrons. The van der Waals surface area contributed by atoms with Crippen LogP contribution in [0.2, 0.25) is 5.02 Å². The highest BCUT2D eigenvalue weighted by Gasteiger charge is 2.32. The van der Waals surface area contributed by atoms with Gasteiger partial charge in [-0.2, -0.15) is 5.26 Å². The summed E-state index contributed by atoms with van der Waals surface area (Å²) < 4.78 is 23.3. The van der Waals surface area contributed by atoms with E-state index in [-0.39, 0.29) is 12.6 Å². The first kappa shape index (κ1) is 22.9. The Morgan fingerprint density at radius 2 is 2.11 bits per heavy atom. The Morgan fingerprint density at radius 1 is 1.33 bits per heavy atom. The van der Waals surface area contributed by atoms with Crippen LogP contribution in [-0.2, 0) is 0 Å². The molecule has 0 bridgehead atoms. The fraction of sp³-hybridized carbons (Fsp3) is 0.308. The van der Waals surface area contributed by atoms with Gasteiger partial charge in [-0.15, -0.1) is 5.53 Å². The van der Waals surface area contributed by atoms with Crippen LogP contribution in [0.15, 0.2) is 54.5 Å². The van der Waals surface area contributed by atoms with E-state index in [0.29, 0.717) is 56.6 Å². The molecule has 8 nitrogen and oxygen atoms in total. The summed E-state index contributed by atoms with van der Waals surface area (Å²) in [4.78, 5) is 4.38. The number of anilines is 2. The molecule has 1 aliphatic heterocycles. The number of aliphatic hydroxyl groups is 1. The molecule has 36 heavy (non-hydrogen) atoms. The molecule has 0 saturated heterocycles. The number of aliphatic hydroxyl groups excluding tert-OH is 1. The Morgan fingerprint density at radius 3 is 2.81 bits per heavy atom. The second-order valence-electron chi connectivity index (χ2n) is 9.00. The fourth-order valence-electron chi connectivity index (χ4n) is 4.14. The van der Waals surface area contributed by atoms with E-state index in [9.17, 15) is 16.1 Å². The minimum Gasteiger partial charge on any atom is -0.396 e. The van der Waals surface area contributed by atoms with E-state index in [4.69, 9.17) is 11.6 Å². The zero-order chi connectivity index (χ0) is 26.2. The second-order valence-corrected chi connectivity index (χ2v) is 9.40. The molecule has 1 fully saturated rings. The van der Waals surface area contributed by atoms with E-state index in [1.54, 1.807) is 24.3 Å². The topological polar surface area (TPSA) is 108 Å². The highest BCUT2D eigenvalue weighted by Crippen LogP contribution is 2.37. The number of pyridine rings is 1. The third-order valence-corrected chi connectivity index (χ3v) is 6.49. The van der Waals surface area contributed by atoms with E-state index in [1.807, 2.05) is 18.1 Å². The van der Waals surface area contributed by atoms with Gasteiger partial charge in [0.15, 0.2) is 0 Å². The number of nitrogens with zero attached hydrogens (tertiary/aromatic N) is 3. The van der Waals surface area contributed by atoms with Crippen molar-refractivity contribution in [1.29, 1.82) is 5.26 Å². The Bertz CT molecular complexity index is 1390. The van der Waals surface area contributed by atoms with Crippen molar-refractivity contribution >= 4 is 33.9 Å². The highest BCUT2D eigenvalue weighted by atomic mass is 35.5. The van der Waals surface area contributed by atoms with Gasteiger partial charge < -0.3 is 21.2 Å². The van der Waals surface area contributed by atoms with Crippen LogP contribution < -0.4 is 21.6 Å². The van der Waals surface area contributed by atoms with Crippen molar-refractivity contribution in [2.24, 2.45) is 0 Å². The summed E-state index contributed by atoms with van der Waals surface area (Å²) >= 11 is 6.64. The van der Waals surface area contributed by atoms with Crippen LogP contribution in [0.5, 0.6) is 0 Å². The smallest absolute Gasteiger partial charge is 0.123 e. The number of fused-ring (bicyclic) bond motifs is 1.